The summed E-state index contributed by atoms with van der Waals surface area (Å²) in [6.45, 7) is 6.81. The topological polar surface area (TPSA) is 50.7 Å². The highest BCUT2D eigenvalue weighted by Crippen LogP contribution is 2.22. The van der Waals surface area contributed by atoms with E-state index in [4.69, 9.17) is 4.74 Å². The maximum absolute atomic E-state index is 12.7. The number of fused-ring (bicyclic) bond motifs is 1. The predicted molar refractivity (Wildman–Crippen MR) is 111 cm³/mol. The van der Waals surface area contributed by atoms with E-state index in [-0.39, 0.29) is 5.91 Å². The monoisotopic (exact) mass is 360 g/mol. The van der Waals surface area contributed by atoms with E-state index in [1.54, 1.807) is 6.21 Å². The maximum atomic E-state index is 12.7. The third-order valence-corrected chi connectivity index (χ3v) is 4.19. The first kappa shape index (κ1) is 18.6. The highest BCUT2D eigenvalue weighted by atomic mass is 16.5. The summed E-state index contributed by atoms with van der Waals surface area (Å²) in [5, 5.41) is 6.08. The third kappa shape index (κ3) is 4.73. The quantitative estimate of drug-likeness (QED) is 0.500. The number of nitrogens with one attached hydrogen (secondary N) is 1. The molecule has 3 aromatic carbocycles. The fraction of sp³-hybridized carbons (Fsp3) is 0.217. The van der Waals surface area contributed by atoms with Crippen LogP contribution in [-0.4, -0.2) is 18.7 Å². The van der Waals surface area contributed by atoms with Gasteiger partial charge in [0.2, 0.25) is 0 Å². The molecule has 4 nitrogen and oxygen atoms in total. The number of aryl methyl sites for hydroxylation is 1. The lowest BCUT2D eigenvalue weighted by Gasteiger charge is -2.09. The molecule has 0 bridgehead atoms. The van der Waals surface area contributed by atoms with Crippen LogP contribution in [0.15, 0.2) is 65.8 Å². The summed E-state index contributed by atoms with van der Waals surface area (Å²) in [7, 11) is 0. The minimum Gasteiger partial charge on any atom is -0.493 e. The standard InChI is InChI=1S/C23H24N2O2/c1-16(2)15-27-20-9-6-7-18(13-20)14-24-25-23(26)22-17(3)11-12-19-8-4-5-10-21(19)22/h4-14,16H,15H2,1-3H3,(H,25,26)/b24-14-. The summed E-state index contributed by atoms with van der Waals surface area (Å²) in [5.74, 6) is 1.04. The van der Waals surface area contributed by atoms with Gasteiger partial charge in [0, 0.05) is 0 Å². The van der Waals surface area contributed by atoms with Crippen LogP contribution in [-0.2, 0) is 0 Å². The molecule has 0 saturated carbocycles. The van der Waals surface area contributed by atoms with E-state index in [2.05, 4.69) is 24.4 Å². The lowest BCUT2D eigenvalue weighted by molar-refractivity contribution is 0.0956. The average Bonchev–Trinajstić information content (AvgIpc) is 2.66. The Balaban J connectivity index is 1.73. The summed E-state index contributed by atoms with van der Waals surface area (Å²) in [4.78, 5) is 12.7. The van der Waals surface area contributed by atoms with E-state index in [0.717, 1.165) is 27.6 Å². The van der Waals surface area contributed by atoms with Crippen molar-refractivity contribution in [3.63, 3.8) is 0 Å². The zero-order valence-electron chi connectivity index (χ0n) is 15.9. The van der Waals surface area contributed by atoms with Crippen molar-refractivity contribution in [3.05, 3.63) is 77.4 Å². The first-order valence-corrected chi connectivity index (χ1v) is 9.09. The Morgan fingerprint density at radius 3 is 2.74 bits per heavy atom. The van der Waals surface area contributed by atoms with Crippen LogP contribution in [0.2, 0.25) is 0 Å². The molecule has 0 fully saturated rings. The average molecular weight is 360 g/mol. The SMILES string of the molecule is Cc1ccc2ccccc2c1C(=O)N/N=C\c1cccc(OCC(C)C)c1. The molecular formula is C23H24N2O2. The van der Waals surface area contributed by atoms with Crippen LogP contribution >= 0.6 is 0 Å². The van der Waals surface area contributed by atoms with Crippen molar-refractivity contribution in [2.75, 3.05) is 6.61 Å². The smallest absolute Gasteiger partial charge is 0.272 e. The molecule has 1 N–H and O–H groups in total. The number of carbonyl (C=O) groups excluding carboxylic acids is 1. The molecule has 0 aliphatic carbocycles. The summed E-state index contributed by atoms with van der Waals surface area (Å²) in [5.41, 5.74) is 5.08. The second kappa shape index (κ2) is 8.49. The third-order valence-electron chi connectivity index (χ3n) is 4.19. The van der Waals surface area contributed by atoms with Crippen molar-refractivity contribution in [2.45, 2.75) is 20.8 Å². The molecule has 0 aromatic heterocycles. The van der Waals surface area contributed by atoms with Crippen LogP contribution in [0.25, 0.3) is 10.8 Å². The van der Waals surface area contributed by atoms with E-state index in [0.29, 0.717) is 18.1 Å². The number of rotatable bonds is 6. The van der Waals surface area contributed by atoms with Gasteiger partial charge in [-0.25, -0.2) is 5.43 Å². The van der Waals surface area contributed by atoms with Crippen LogP contribution in [0.5, 0.6) is 5.75 Å². The molecule has 1 amide bonds. The van der Waals surface area contributed by atoms with E-state index in [1.165, 1.54) is 0 Å². The summed E-state index contributed by atoms with van der Waals surface area (Å²) in [6, 6.07) is 19.5. The molecule has 0 aliphatic heterocycles. The molecule has 138 valence electrons. The van der Waals surface area contributed by atoms with Crippen molar-refractivity contribution in [1.82, 2.24) is 5.43 Å². The van der Waals surface area contributed by atoms with Crippen LogP contribution in [0.4, 0.5) is 0 Å². The molecule has 3 aromatic rings. The molecule has 4 heteroatoms. The summed E-state index contributed by atoms with van der Waals surface area (Å²) < 4.78 is 5.72. The number of hydrazone groups is 1. The largest absolute Gasteiger partial charge is 0.493 e. The van der Waals surface area contributed by atoms with Gasteiger partial charge < -0.3 is 4.74 Å². The van der Waals surface area contributed by atoms with Gasteiger partial charge in [-0.05, 0) is 46.9 Å². The molecule has 0 unspecified atom stereocenters. The summed E-state index contributed by atoms with van der Waals surface area (Å²) in [6.07, 6.45) is 1.63. The highest BCUT2D eigenvalue weighted by Gasteiger charge is 2.12. The van der Waals surface area contributed by atoms with Gasteiger partial charge >= 0.3 is 0 Å². The summed E-state index contributed by atoms with van der Waals surface area (Å²) >= 11 is 0. The Labute approximate surface area is 159 Å². The van der Waals surface area contributed by atoms with Gasteiger partial charge in [0.25, 0.3) is 5.91 Å². The van der Waals surface area contributed by atoms with E-state index < -0.39 is 0 Å². The number of carbonyl (C=O) groups is 1. The van der Waals surface area contributed by atoms with Crippen molar-refractivity contribution >= 4 is 22.9 Å². The fourth-order valence-corrected chi connectivity index (χ4v) is 2.85. The zero-order chi connectivity index (χ0) is 19.2. The molecule has 0 heterocycles. The first-order valence-electron chi connectivity index (χ1n) is 9.09. The van der Waals surface area contributed by atoms with Crippen molar-refractivity contribution in [1.29, 1.82) is 0 Å². The number of nitrogens with zero attached hydrogens (tertiary/aromatic N) is 1. The van der Waals surface area contributed by atoms with Gasteiger partial charge in [0.1, 0.15) is 5.75 Å². The van der Waals surface area contributed by atoms with Gasteiger partial charge in [-0.3, -0.25) is 4.79 Å². The number of benzene rings is 3. The van der Waals surface area contributed by atoms with Crippen LogP contribution in [0.1, 0.15) is 35.3 Å². The van der Waals surface area contributed by atoms with Gasteiger partial charge in [0.05, 0.1) is 18.4 Å². The lowest BCUT2D eigenvalue weighted by Crippen LogP contribution is -2.19. The Morgan fingerprint density at radius 2 is 1.93 bits per heavy atom. The molecular weight excluding hydrogens is 336 g/mol. The lowest BCUT2D eigenvalue weighted by atomic mass is 9.99. The van der Waals surface area contributed by atoms with Crippen LogP contribution in [0.3, 0.4) is 0 Å². The molecule has 0 atom stereocenters. The first-order chi connectivity index (χ1) is 13.0. The van der Waals surface area contributed by atoms with Gasteiger partial charge in [-0.2, -0.15) is 5.10 Å². The van der Waals surface area contributed by atoms with Crippen LogP contribution in [0, 0.1) is 12.8 Å². The Kier molecular flexibility index (Phi) is 5.87. The van der Waals surface area contributed by atoms with E-state index in [1.807, 2.05) is 67.6 Å². The van der Waals surface area contributed by atoms with Gasteiger partial charge in [-0.15, -0.1) is 0 Å². The second-order valence-electron chi connectivity index (χ2n) is 6.96. The van der Waals surface area contributed by atoms with Gasteiger partial charge in [-0.1, -0.05) is 62.4 Å². The van der Waals surface area contributed by atoms with Gasteiger partial charge in [0.15, 0.2) is 0 Å². The second-order valence-corrected chi connectivity index (χ2v) is 6.96. The van der Waals surface area contributed by atoms with Crippen LogP contribution < -0.4 is 10.2 Å². The number of ether oxygens (including phenoxy) is 1. The molecule has 0 aliphatic rings. The van der Waals surface area contributed by atoms with Crippen molar-refractivity contribution < 1.29 is 9.53 Å². The highest BCUT2D eigenvalue weighted by molar-refractivity contribution is 6.08. The zero-order valence-corrected chi connectivity index (χ0v) is 15.9. The minimum atomic E-state index is -0.215. The molecule has 0 spiro atoms. The normalized spacial score (nSPS) is 11.3. The Bertz CT molecular complexity index is 977. The predicted octanol–water partition coefficient (Wildman–Crippen LogP) is 4.95. The number of hydrogen-bond acceptors (Lipinski definition) is 3. The molecule has 0 radical (unpaired) electrons. The maximum Gasteiger partial charge on any atom is 0.272 e. The van der Waals surface area contributed by atoms with Crippen molar-refractivity contribution in [2.24, 2.45) is 11.0 Å². The van der Waals surface area contributed by atoms with Crippen molar-refractivity contribution in [3.8, 4) is 5.75 Å². The number of amides is 1. The van der Waals surface area contributed by atoms with E-state index >= 15 is 0 Å². The fourth-order valence-electron chi connectivity index (χ4n) is 2.85. The Morgan fingerprint density at radius 1 is 1.11 bits per heavy atom. The Hall–Kier alpha value is -3.14. The molecule has 3 rings (SSSR count). The number of hydrogen-bond donors (Lipinski definition) is 1. The minimum absolute atomic E-state index is 0.215. The van der Waals surface area contributed by atoms with E-state index in [9.17, 15) is 4.79 Å². The molecule has 27 heavy (non-hydrogen) atoms. The molecule has 0 saturated heterocycles.